The van der Waals surface area contributed by atoms with Crippen molar-refractivity contribution < 1.29 is 9.59 Å². The Bertz CT molecular complexity index is 203. The molecule has 1 unspecified atom stereocenters. The van der Waals surface area contributed by atoms with Crippen LogP contribution in [0.15, 0.2) is 0 Å². The van der Waals surface area contributed by atoms with Gasteiger partial charge in [0.05, 0.1) is 6.04 Å². The summed E-state index contributed by atoms with van der Waals surface area (Å²) in [6.45, 7) is 9.65. The van der Waals surface area contributed by atoms with Crippen molar-refractivity contribution in [2.24, 2.45) is 0 Å². The third kappa shape index (κ3) is 7.40. The molecule has 4 nitrogen and oxygen atoms in total. The fraction of sp³-hybridized carbons (Fsp3) is 0.833. The van der Waals surface area contributed by atoms with Gasteiger partial charge < -0.3 is 10.6 Å². The zero-order chi connectivity index (χ0) is 13.1. The highest BCUT2D eigenvalue weighted by molar-refractivity contribution is 6.38. The predicted octanol–water partition coefficient (Wildman–Crippen LogP) is 1.49. The summed E-state index contributed by atoms with van der Waals surface area (Å²) < 4.78 is 0. The van der Waals surface area contributed by atoms with E-state index in [2.05, 4.69) is 10.6 Å². The minimum Gasteiger partial charge on any atom is -0.347 e. The zero-order valence-corrected chi connectivity index (χ0v) is 11.4. The van der Waals surface area contributed by atoms with Gasteiger partial charge in [0.2, 0.25) is 5.78 Å². The highest BCUT2D eigenvalue weighted by Gasteiger charge is 2.22. The van der Waals surface area contributed by atoms with Crippen LogP contribution in [0.5, 0.6) is 0 Å². The zero-order valence-electron chi connectivity index (χ0n) is 11.4. The molecule has 0 aliphatic carbocycles. The van der Waals surface area contributed by atoms with Gasteiger partial charge in [0.1, 0.15) is 0 Å². The molecule has 0 rings (SSSR count). The predicted molar refractivity (Wildman–Crippen MR) is 67.4 cm³/mol. The molecular weight excluding hydrogens is 204 g/mol. The van der Waals surface area contributed by atoms with Gasteiger partial charge in [-0.05, 0) is 27.3 Å². The maximum atomic E-state index is 11.5. The Morgan fingerprint density at radius 1 is 1.19 bits per heavy atom. The second-order valence-corrected chi connectivity index (χ2v) is 3.62. The van der Waals surface area contributed by atoms with Crippen molar-refractivity contribution >= 4 is 11.7 Å². The van der Waals surface area contributed by atoms with Crippen LogP contribution in [0.25, 0.3) is 0 Å². The number of amides is 1. The molecule has 1 atom stereocenters. The molecule has 0 saturated heterocycles. The van der Waals surface area contributed by atoms with Gasteiger partial charge in [-0.2, -0.15) is 0 Å². The quantitative estimate of drug-likeness (QED) is 0.680. The number of ketones is 1. The lowest BCUT2D eigenvalue weighted by Gasteiger charge is -2.14. The van der Waals surface area contributed by atoms with E-state index in [-0.39, 0.29) is 17.9 Å². The Kier molecular flexibility index (Phi) is 11.6. The fourth-order valence-electron chi connectivity index (χ4n) is 1.19. The normalized spacial score (nSPS) is 11.4. The van der Waals surface area contributed by atoms with Gasteiger partial charge in [-0.1, -0.05) is 27.2 Å². The molecular formula is C12H26N2O2. The first kappa shape index (κ1) is 17.5. The SMILES string of the molecule is CC.CCCC(NC)C(=O)C(=O)NC(C)C. The van der Waals surface area contributed by atoms with Crippen molar-refractivity contribution in [2.75, 3.05) is 7.05 Å². The second kappa shape index (κ2) is 10.6. The molecule has 4 heteroatoms. The summed E-state index contributed by atoms with van der Waals surface area (Å²) in [5.74, 6) is -0.865. The van der Waals surface area contributed by atoms with Gasteiger partial charge in [0, 0.05) is 6.04 Å². The standard InChI is InChI=1S/C10H20N2O2.C2H6/c1-5-6-8(11-4)9(13)10(14)12-7(2)3;1-2/h7-8,11H,5-6H2,1-4H3,(H,12,14);1-2H3. The van der Waals surface area contributed by atoms with Gasteiger partial charge in [-0.15, -0.1) is 0 Å². The van der Waals surface area contributed by atoms with E-state index < -0.39 is 5.91 Å². The third-order valence-corrected chi connectivity index (χ3v) is 1.89. The molecule has 0 aromatic heterocycles. The highest BCUT2D eigenvalue weighted by Crippen LogP contribution is 1.97. The maximum absolute atomic E-state index is 11.5. The van der Waals surface area contributed by atoms with Crippen molar-refractivity contribution in [2.45, 2.75) is 59.5 Å². The number of rotatable bonds is 6. The second-order valence-electron chi connectivity index (χ2n) is 3.62. The van der Waals surface area contributed by atoms with Crippen LogP contribution in [0, 0.1) is 0 Å². The fourth-order valence-corrected chi connectivity index (χ4v) is 1.19. The first-order valence-electron chi connectivity index (χ1n) is 6.04. The van der Waals surface area contributed by atoms with Crippen LogP contribution in [-0.2, 0) is 9.59 Å². The highest BCUT2D eigenvalue weighted by atomic mass is 16.2. The van der Waals surface area contributed by atoms with Crippen LogP contribution in [0.1, 0.15) is 47.5 Å². The Hall–Kier alpha value is -0.900. The molecule has 1 amide bonds. The van der Waals surface area contributed by atoms with Crippen molar-refractivity contribution in [3.63, 3.8) is 0 Å². The Balaban J connectivity index is 0. The smallest absolute Gasteiger partial charge is 0.289 e. The van der Waals surface area contributed by atoms with Crippen LogP contribution in [-0.4, -0.2) is 30.8 Å². The van der Waals surface area contributed by atoms with E-state index in [0.29, 0.717) is 6.42 Å². The van der Waals surface area contributed by atoms with Gasteiger partial charge in [0.25, 0.3) is 5.91 Å². The summed E-state index contributed by atoms with van der Waals surface area (Å²) in [6.07, 6.45) is 1.58. The van der Waals surface area contributed by atoms with Crippen LogP contribution >= 0.6 is 0 Å². The molecule has 0 aromatic rings. The largest absolute Gasteiger partial charge is 0.347 e. The summed E-state index contributed by atoms with van der Waals surface area (Å²) in [5, 5.41) is 5.43. The number of carbonyl (C=O) groups is 2. The molecule has 0 radical (unpaired) electrons. The lowest BCUT2D eigenvalue weighted by molar-refractivity contribution is -0.139. The molecule has 0 aromatic carbocycles. The first-order chi connectivity index (χ1) is 7.52. The van der Waals surface area contributed by atoms with E-state index in [1.165, 1.54) is 0 Å². The molecule has 0 saturated carbocycles. The summed E-state index contributed by atoms with van der Waals surface area (Å²) in [6, 6.07) is -0.343. The van der Waals surface area contributed by atoms with E-state index >= 15 is 0 Å². The number of hydrogen-bond acceptors (Lipinski definition) is 3. The average molecular weight is 230 g/mol. The number of carbonyl (C=O) groups excluding carboxylic acids is 2. The van der Waals surface area contributed by atoms with Crippen molar-refractivity contribution in [3.05, 3.63) is 0 Å². The first-order valence-corrected chi connectivity index (χ1v) is 6.04. The molecule has 0 aliphatic rings. The lowest BCUT2D eigenvalue weighted by atomic mass is 10.1. The van der Waals surface area contributed by atoms with E-state index in [0.717, 1.165) is 6.42 Å². The molecule has 0 aliphatic heterocycles. The molecule has 0 heterocycles. The average Bonchev–Trinajstić information content (AvgIpc) is 2.26. The molecule has 2 N–H and O–H groups in total. The van der Waals surface area contributed by atoms with E-state index in [4.69, 9.17) is 0 Å². The van der Waals surface area contributed by atoms with Gasteiger partial charge in [-0.3, -0.25) is 9.59 Å². The number of Topliss-reactive ketones (excluding diaryl/α,β-unsaturated/α-hetero) is 1. The molecule has 16 heavy (non-hydrogen) atoms. The minimum absolute atomic E-state index is 0.00517. The summed E-state index contributed by atoms with van der Waals surface area (Å²) >= 11 is 0. The van der Waals surface area contributed by atoms with Crippen LogP contribution in [0.4, 0.5) is 0 Å². The summed E-state index contributed by atoms with van der Waals surface area (Å²) in [4.78, 5) is 22.9. The van der Waals surface area contributed by atoms with Gasteiger partial charge in [0.15, 0.2) is 0 Å². The monoisotopic (exact) mass is 230 g/mol. The van der Waals surface area contributed by atoms with E-state index in [1.54, 1.807) is 7.05 Å². The Morgan fingerprint density at radius 2 is 1.69 bits per heavy atom. The maximum Gasteiger partial charge on any atom is 0.289 e. The topological polar surface area (TPSA) is 58.2 Å². The summed E-state index contributed by atoms with van der Waals surface area (Å²) in [7, 11) is 1.70. The van der Waals surface area contributed by atoms with Crippen LogP contribution < -0.4 is 10.6 Å². The third-order valence-electron chi connectivity index (χ3n) is 1.89. The Morgan fingerprint density at radius 3 is 2.00 bits per heavy atom. The van der Waals surface area contributed by atoms with Crippen LogP contribution in [0.2, 0.25) is 0 Å². The van der Waals surface area contributed by atoms with Crippen molar-refractivity contribution in [3.8, 4) is 0 Å². The molecule has 0 fully saturated rings. The molecule has 96 valence electrons. The number of nitrogens with one attached hydrogen (secondary N) is 2. The van der Waals surface area contributed by atoms with E-state index in [1.807, 2.05) is 34.6 Å². The lowest BCUT2D eigenvalue weighted by Crippen LogP contribution is -2.45. The van der Waals surface area contributed by atoms with Crippen molar-refractivity contribution in [1.82, 2.24) is 10.6 Å². The van der Waals surface area contributed by atoms with Gasteiger partial charge in [-0.25, -0.2) is 0 Å². The summed E-state index contributed by atoms with van der Waals surface area (Å²) in [5.41, 5.74) is 0. The van der Waals surface area contributed by atoms with Crippen molar-refractivity contribution in [1.29, 1.82) is 0 Å². The molecule has 0 bridgehead atoms. The van der Waals surface area contributed by atoms with Crippen LogP contribution in [0.3, 0.4) is 0 Å². The minimum atomic E-state index is -0.493. The molecule has 0 spiro atoms. The van der Waals surface area contributed by atoms with E-state index in [9.17, 15) is 9.59 Å². The number of hydrogen-bond donors (Lipinski definition) is 2. The Labute approximate surface area is 99.2 Å². The van der Waals surface area contributed by atoms with Gasteiger partial charge >= 0.3 is 0 Å². The number of likely N-dealkylation sites (N-methyl/N-ethyl adjacent to an activating group) is 1.